The van der Waals surface area contributed by atoms with E-state index in [1.54, 1.807) is 11.3 Å². The van der Waals surface area contributed by atoms with Gasteiger partial charge in [-0.3, -0.25) is 0 Å². The van der Waals surface area contributed by atoms with Crippen molar-refractivity contribution in [2.24, 2.45) is 5.73 Å². The van der Waals surface area contributed by atoms with E-state index in [4.69, 9.17) is 17.3 Å². The molecule has 0 aromatic carbocycles. The van der Waals surface area contributed by atoms with Crippen molar-refractivity contribution >= 4 is 22.9 Å². The molecule has 0 bridgehead atoms. The van der Waals surface area contributed by atoms with Crippen LogP contribution in [0.4, 0.5) is 0 Å². The van der Waals surface area contributed by atoms with Crippen molar-refractivity contribution in [1.29, 1.82) is 0 Å². The quantitative estimate of drug-likeness (QED) is 0.734. The third kappa shape index (κ3) is 1.51. The number of hydrogen-bond donors (Lipinski definition) is 1. The number of hydrogen-bond acceptors (Lipinski definition) is 2. The number of aryl methyl sites for hydroxylation is 1. The molecule has 0 aliphatic carbocycles. The molecule has 0 fully saturated rings. The van der Waals surface area contributed by atoms with Crippen LogP contribution in [0.2, 0.25) is 4.34 Å². The Hall–Kier alpha value is -0.0500. The largest absolute Gasteiger partial charge is 0.326 e. The minimum Gasteiger partial charge on any atom is -0.326 e. The lowest BCUT2D eigenvalue weighted by atomic mass is 10.3. The number of halogens is 1. The van der Waals surface area contributed by atoms with E-state index >= 15 is 0 Å². The Labute approximate surface area is 69.8 Å². The van der Waals surface area contributed by atoms with Crippen molar-refractivity contribution in [1.82, 2.24) is 0 Å². The van der Waals surface area contributed by atoms with E-state index in [1.165, 1.54) is 4.88 Å². The maximum atomic E-state index is 5.86. The maximum Gasteiger partial charge on any atom is 0.0976 e. The summed E-state index contributed by atoms with van der Waals surface area (Å²) in [6, 6.07) is 2.08. The average molecular weight is 176 g/mol. The maximum absolute atomic E-state index is 5.86. The first-order chi connectivity index (χ1) is 4.77. The van der Waals surface area contributed by atoms with Crippen molar-refractivity contribution in [2.75, 3.05) is 0 Å². The lowest BCUT2D eigenvalue weighted by molar-refractivity contribution is 1.07. The van der Waals surface area contributed by atoms with E-state index in [2.05, 4.69) is 13.0 Å². The molecule has 10 heavy (non-hydrogen) atoms. The summed E-state index contributed by atoms with van der Waals surface area (Å²) < 4.78 is 0.847. The van der Waals surface area contributed by atoms with E-state index < -0.39 is 0 Å². The van der Waals surface area contributed by atoms with Gasteiger partial charge in [-0.25, -0.2) is 0 Å². The zero-order chi connectivity index (χ0) is 7.56. The topological polar surface area (TPSA) is 26.0 Å². The Morgan fingerprint density at radius 2 is 2.40 bits per heavy atom. The van der Waals surface area contributed by atoms with Gasteiger partial charge in [-0.1, -0.05) is 18.5 Å². The molecule has 0 saturated heterocycles. The van der Waals surface area contributed by atoms with Crippen LogP contribution in [0.5, 0.6) is 0 Å². The third-order valence-corrected chi connectivity index (χ3v) is 2.96. The van der Waals surface area contributed by atoms with Crippen molar-refractivity contribution < 1.29 is 0 Å². The Kier molecular flexibility index (Phi) is 2.72. The van der Waals surface area contributed by atoms with Crippen LogP contribution in [0.15, 0.2) is 6.07 Å². The molecule has 3 heteroatoms. The van der Waals surface area contributed by atoms with E-state index in [-0.39, 0.29) is 0 Å². The zero-order valence-corrected chi connectivity index (χ0v) is 7.43. The molecule has 0 amide bonds. The summed E-state index contributed by atoms with van der Waals surface area (Å²) in [6.45, 7) is 2.66. The van der Waals surface area contributed by atoms with Crippen LogP contribution in [0.1, 0.15) is 17.4 Å². The molecule has 2 N–H and O–H groups in total. The first-order valence-electron chi connectivity index (χ1n) is 3.25. The van der Waals surface area contributed by atoms with Crippen molar-refractivity contribution in [2.45, 2.75) is 19.9 Å². The molecule has 0 aliphatic rings. The monoisotopic (exact) mass is 175 g/mol. The molecule has 0 aliphatic heterocycles. The van der Waals surface area contributed by atoms with Gasteiger partial charge >= 0.3 is 0 Å². The fraction of sp³-hybridized carbons (Fsp3) is 0.429. The van der Waals surface area contributed by atoms with Gasteiger partial charge in [-0.2, -0.15) is 0 Å². The minimum absolute atomic E-state index is 0.551. The molecular weight excluding hydrogens is 166 g/mol. The van der Waals surface area contributed by atoms with Crippen molar-refractivity contribution in [3.05, 3.63) is 20.8 Å². The van der Waals surface area contributed by atoms with Crippen LogP contribution < -0.4 is 5.73 Å². The van der Waals surface area contributed by atoms with Crippen molar-refractivity contribution in [3.8, 4) is 0 Å². The van der Waals surface area contributed by atoms with E-state index in [0.717, 1.165) is 16.3 Å². The van der Waals surface area contributed by atoms with Crippen LogP contribution >= 0.6 is 22.9 Å². The smallest absolute Gasteiger partial charge is 0.0976 e. The Bertz CT molecular complexity index is 219. The van der Waals surface area contributed by atoms with Gasteiger partial charge < -0.3 is 5.73 Å². The molecule has 1 nitrogen and oxygen atoms in total. The summed E-state index contributed by atoms with van der Waals surface area (Å²) in [6.07, 6.45) is 1.05. The summed E-state index contributed by atoms with van der Waals surface area (Å²) >= 11 is 7.49. The standard InChI is InChI=1S/C7H10ClNS/c1-2-6-3-5(4-9)7(8)10-6/h3H,2,4,9H2,1H3. The first kappa shape index (κ1) is 8.05. The van der Waals surface area contributed by atoms with Crippen molar-refractivity contribution in [3.63, 3.8) is 0 Å². The molecule has 56 valence electrons. The highest BCUT2D eigenvalue weighted by molar-refractivity contribution is 7.16. The first-order valence-corrected chi connectivity index (χ1v) is 4.44. The molecule has 0 spiro atoms. The highest BCUT2D eigenvalue weighted by Gasteiger charge is 2.02. The molecule has 1 rings (SSSR count). The van der Waals surface area contributed by atoms with Crippen LogP contribution in [0.25, 0.3) is 0 Å². The lowest BCUT2D eigenvalue weighted by Gasteiger charge is -1.86. The van der Waals surface area contributed by atoms with E-state index in [1.807, 2.05) is 0 Å². The fourth-order valence-electron chi connectivity index (χ4n) is 0.775. The predicted octanol–water partition coefficient (Wildman–Crippen LogP) is 2.42. The number of nitrogens with two attached hydrogens (primary N) is 1. The molecule has 0 radical (unpaired) electrons. The fourth-order valence-corrected chi connectivity index (χ4v) is 2.05. The lowest BCUT2D eigenvalue weighted by Crippen LogP contribution is -1.93. The van der Waals surface area contributed by atoms with Crippen LogP contribution in [-0.4, -0.2) is 0 Å². The highest BCUT2D eigenvalue weighted by Crippen LogP contribution is 2.27. The predicted molar refractivity (Wildman–Crippen MR) is 46.6 cm³/mol. The second-order valence-electron chi connectivity index (χ2n) is 2.07. The SMILES string of the molecule is CCc1cc(CN)c(Cl)s1. The summed E-state index contributed by atoms with van der Waals surface area (Å²) in [7, 11) is 0. The molecule has 1 aromatic heterocycles. The normalized spacial score (nSPS) is 10.3. The van der Waals surface area contributed by atoms with Crippen LogP contribution in [0, 0.1) is 0 Å². The molecule has 0 atom stereocenters. The second-order valence-corrected chi connectivity index (χ2v) is 3.81. The second kappa shape index (κ2) is 3.37. The summed E-state index contributed by atoms with van der Waals surface area (Å²) in [5, 5.41) is 0. The molecular formula is C7H10ClNS. The third-order valence-electron chi connectivity index (χ3n) is 1.38. The molecule has 1 heterocycles. The molecule has 0 saturated carbocycles. The molecule has 0 unspecified atom stereocenters. The van der Waals surface area contributed by atoms with Crippen LogP contribution in [-0.2, 0) is 13.0 Å². The Morgan fingerprint density at radius 1 is 1.70 bits per heavy atom. The minimum atomic E-state index is 0.551. The van der Waals surface area contributed by atoms with Gasteiger partial charge in [0.15, 0.2) is 0 Å². The average Bonchev–Trinajstić information content (AvgIpc) is 2.30. The van der Waals surface area contributed by atoms with Crippen LogP contribution in [0.3, 0.4) is 0 Å². The van der Waals surface area contributed by atoms with Gasteiger partial charge in [-0.15, -0.1) is 11.3 Å². The van der Waals surface area contributed by atoms with Gasteiger partial charge in [0, 0.05) is 11.4 Å². The van der Waals surface area contributed by atoms with Gasteiger partial charge in [-0.05, 0) is 18.1 Å². The number of rotatable bonds is 2. The van der Waals surface area contributed by atoms with Gasteiger partial charge in [0.2, 0.25) is 0 Å². The van der Waals surface area contributed by atoms with E-state index in [9.17, 15) is 0 Å². The highest BCUT2D eigenvalue weighted by atomic mass is 35.5. The molecule has 1 aromatic rings. The van der Waals surface area contributed by atoms with E-state index in [0.29, 0.717) is 6.54 Å². The zero-order valence-electron chi connectivity index (χ0n) is 5.86. The van der Waals surface area contributed by atoms with Gasteiger partial charge in [0.25, 0.3) is 0 Å². The summed E-state index contributed by atoms with van der Waals surface area (Å²) in [5.41, 5.74) is 6.51. The van der Waals surface area contributed by atoms with Gasteiger partial charge in [0.05, 0.1) is 4.34 Å². The Balaban J connectivity index is 2.92. The Morgan fingerprint density at radius 3 is 2.70 bits per heavy atom. The number of thiophene rings is 1. The summed E-state index contributed by atoms with van der Waals surface area (Å²) in [4.78, 5) is 1.31. The summed E-state index contributed by atoms with van der Waals surface area (Å²) in [5.74, 6) is 0. The van der Waals surface area contributed by atoms with Gasteiger partial charge in [0.1, 0.15) is 0 Å².